The third kappa shape index (κ3) is 3.00. The fourth-order valence-electron chi connectivity index (χ4n) is 1.82. The van der Waals surface area contributed by atoms with Gasteiger partial charge in [-0.05, 0) is 31.2 Å². The predicted octanol–water partition coefficient (Wildman–Crippen LogP) is 1.25. The predicted molar refractivity (Wildman–Crippen MR) is 78.5 cm³/mol. The number of nitrogens with zero attached hydrogens (tertiary/aromatic N) is 4. The van der Waals surface area contributed by atoms with Gasteiger partial charge in [0.2, 0.25) is 5.78 Å². The monoisotopic (exact) mass is 282 g/mol. The van der Waals surface area contributed by atoms with Gasteiger partial charge in [-0.25, -0.2) is 9.66 Å². The number of hydrogen-bond acceptors (Lipinski definition) is 5. The summed E-state index contributed by atoms with van der Waals surface area (Å²) < 4.78 is 1.34. The Hall–Kier alpha value is -2.89. The molecule has 0 radical (unpaired) electrons. The van der Waals surface area contributed by atoms with E-state index in [1.54, 1.807) is 32.2 Å². The molecule has 0 amide bonds. The van der Waals surface area contributed by atoms with Crippen LogP contribution in [0.1, 0.15) is 26.5 Å². The van der Waals surface area contributed by atoms with Gasteiger partial charge < -0.3 is 0 Å². The minimum absolute atomic E-state index is 0.127. The Kier molecular flexibility index (Phi) is 4.18. The van der Waals surface area contributed by atoms with Gasteiger partial charge in [0.05, 0.1) is 0 Å². The quantitative estimate of drug-likeness (QED) is 0.481. The van der Waals surface area contributed by atoms with Gasteiger partial charge in [0.25, 0.3) is 5.78 Å². The molecule has 0 spiro atoms. The van der Waals surface area contributed by atoms with E-state index in [9.17, 15) is 9.59 Å². The molecular weight excluding hydrogens is 268 g/mol. The molecule has 6 nitrogen and oxygen atoms in total. The van der Waals surface area contributed by atoms with Crippen LogP contribution in [0, 0.1) is 6.92 Å². The molecule has 0 saturated carbocycles. The summed E-state index contributed by atoms with van der Waals surface area (Å²) in [5.41, 5.74) is 1.55. The van der Waals surface area contributed by atoms with E-state index in [0.717, 1.165) is 0 Å². The smallest absolute Gasteiger partial charge is 0.251 e. The van der Waals surface area contributed by atoms with Crippen LogP contribution < -0.4 is 5.49 Å². The maximum absolute atomic E-state index is 12.2. The third-order valence-corrected chi connectivity index (χ3v) is 2.88. The van der Waals surface area contributed by atoms with Gasteiger partial charge in [0, 0.05) is 31.2 Å². The van der Waals surface area contributed by atoms with Crippen molar-refractivity contribution in [3.8, 4) is 0 Å². The fraction of sp³-hybridized carbons (Fsp3) is 0.133. The first-order valence-electron chi connectivity index (χ1n) is 6.22. The van der Waals surface area contributed by atoms with E-state index >= 15 is 0 Å². The van der Waals surface area contributed by atoms with E-state index in [4.69, 9.17) is 0 Å². The van der Waals surface area contributed by atoms with Gasteiger partial charge in [0.15, 0.2) is 0 Å². The molecule has 0 N–H and O–H groups in total. The van der Waals surface area contributed by atoms with Crippen LogP contribution in [0.2, 0.25) is 0 Å². The first kappa shape index (κ1) is 14.5. The highest BCUT2D eigenvalue weighted by Gasteiger charge is 2.20. The van der Waals surface area contributed by atoms with Crippen molar-refractivity contribution in [2.45, 2.75) is 6.92 Å². The Labute approximate surface area is 121 Å². The van der Waals surface area contributed by atoms with E-state index in [1.165, 1.54) is 23.0 Å². The van der Waals surface area contributed by atoms with Gasteiger partial charge in [0.1, 0.15) is 11.2 Å². The lowest BCUT2D eigenvalue weighted by Gasteiger charge is -2.04. The van der Waals surface area contributed by atoms with Gasteiger partial charge in [-0.3, -0.25) is 14.6 Å². The van der Waals surface area contributed by atoms with Gasteiger partial charge >= 0.3 is 0 Å². The number of carbonyl (C=O) groups is 2. The summed E-state index contributed by atoms with van der Waals surface area (Å²) in [6.07, 6.45) is 1.42. The minimum Gasteiger partial charge on any atom is -0.285 e. The zero-order chi connectivity index (χ0) is 15.4. The lowest BCUT2D eigenvalue weighted by atomic mass is 10.1. The van der Waals surface area contributed by atoms with Crippen molar-refractivity contribution in [1.82, 2.24) is 9.66 Å². The summed E-state index contributed by atoms with van der Waals surface area (Å²) in [5.74, 6) is -1.30. The summed E-state index contributed by atoms with van der Waals surface area (Å²) in [5, 5.41) is 3.72. The number of aromatic nitrogens is 2. The van der Waals surface area contributed by atoms with Gasteiger partial charge in [-0.15, -0.1) is 0 Å². The van der Waals surface area contributed by atoms with Gasteiger partial charge in [-0.1, -0.05) is 6.07 Å². The molecule has 0 aliphatic rings. The Bertz CT molecular complexity index is 790. The standard InChI is InChI=1S/C15H14N4O2/c1-10-5-4-6-12(18-10)15(21)14(20)11-7-8-13(16-2)19(9-11)17-3/h4-9H,3H2,1-2H3/b16-13-. The molecular formula is C15H14N4O2. The summed E-state index contributed by atoms with van der Waals surface area (Å²) in [6.45, 7) is 5.16. The van der Waals surface area contributed by atoms with E-state index in [2.05, 4.69) is 21.8 Å². The van der Waals surface area contributed by atoms with Crippen LogP contribution >= 0.6 is 0 Å². The van der Waals surface area contributed by atoms with E-state index in [1.807, 2.05) is 0 Å². The highest BCUT2D eigenvalue weighted by Crippen LogP contribution is 2.06. The second-order valence-corrected chi connectivity index (χ2v) is 4.31. The molecule has 0 fully saturated rings. The van der Waals surface area contributed by atoms with Crippen LogP contribution in [0.25, 0.3) is 0 Å². The second kappa shape index (κ2) is 6.04. The van der Waals surface area contributed by atoms with Crippen LogP contribution in [0.3, 0.4) is 0 Å². The van der Waals surface area contributed by atoms with Crippen LogP contribution in [-0.4, -0.2) is 35.0 Å². The Morgan fingerprint density at radius 3 is 2.57 bits per heavy atom. The summed E-state index contributed by atoms with van der Waals surface area (Å²) >= 11 is 0. The average Bonchev–Trinajstić information content (AvgIpc) is 2.52. The van der Waals surface area contributed by atoms with E-state index in [-0.39, 0.29) is 11.3 Å². The van der Waals surface area contributed by atoms with E-state index in [0.29, 0.717) is 11.2 Å². The molecule has 2 aromatic heterocycles. The number of Topliss-reactive ketones (excluding diaryl/α,β-unsaturated/α-hetero) is 2. The molecule has 0 unspecified atom stereocenters. The SMILES string of the molecule is C=Nn1cc(C(=O)C(=O)c2cccc(C)n2)cc/c1=N/C. The number of carbonyl (C=O) groups excluding carboxylic acids is 2. The molecule has 21 heavy (non-hydrogen) atoms. The first-order valence-corrected chi connectivity index (χ1v) is 6.22. The van der Waals surface area contributed by atoms with E-state index < -0.39 is 11.6 Å². The topological polar surface area (TPSA) is 76.7 Å². The van der Waals surface area contributed by atoms with Crippen molar-refractivity contribution in [2.75, 3.05) is 7.05 Å². The highest BCUT2D eigenvalue weighted by molar-refractivity contribution is 6.48. The number of hydrogen-bond donors (Lipinski definition) is 0. The second-order valence-electron chi connectivity index (χ2n) is 4.31. The normalized spacial score (nSPS) is 11.2. The number of pyridine rings is 2. The molecule has 2 rings (SSSR count). The molecule has 0 bridgehead atoms. The molecule has 2 heterocycles. The molecule has 106 valence electrons. The Morgan fingerprint density at radius 2 is 1.95 bits per heavy atom. The average molecular weight is 282 g/mol. The van der Waals surface area contributed by atoms with Crippen LogP contribution in [0.15, 0.2) is 46.6 Å². The van der Waals surface area contributed by atoms with Crippen molar-refractivity contribution >= 4 is 18.3 Å². The molecule has 0 aliphatic heterocycles. The Balaban J connectivity index is 2.41. The van der Waals surface area contributed by atoms with Crippen LogP contribution in [0.4, 0.5) is 0 Å². The van der Waals surface area contributed by atoms with Crippen molar-refractivity contribution in [3.63, 3.8) is 0 Å². The molecule has 6 heteroatoms. The zero-order valence-corrected chi connectivity index (χ0v) is 11.8. The molecule has 0 atom stereocenters. The van der Waals surface area contributed by atoms with Crippen molar-refractivity contribution in [3.05, 3.63) is 59.0 Å². The van der Waals surface area contributed by atoms with Gasteiger partial charge in [-0.2, -0.15) is 5.10 Å². The number of rotatable bonds is 4. The molecule has 0 aliphatic carbocycles. The maximum Gasteiger partial charge on any atom is 0.251 e. The van der Waals surface area contributed by atoms with Crippen molar-refractivity contribution in [1.29, 1.82) is 0 Å². The molecule has 2 aromatic rings. The minimum atomic E-state index is -0.657. The number of ketones is 2. The van der Waals surface area contributed by atoms with Crippen molar-refractivity contribution in [2.24, 2.45) is 10.1 Å². The largest absolute Gasteiger partial charge is 0.285 e. The van der Waals surface area contributed by atoms with Crippen molar-refractivity contribution < 1.29 is 9.59 Å². The first-order chi connectivity index (χ1) is 10.1. The van der Waals surface area contributed by atoms with Crippen LogP contribution in [0.5, 0.6) is 0 Å². The van der Waals surface area contributed by atoms with Crippen LogP contribution in [-0.2, 0) is 0 Å². The third-order valence-electron chi connectivity index (χ3n) is 2.88. The summed E-state index contributed by atoms with van der Waals surface area (Å²) in [6, 6.07) is 8.09. The fourth-order valence-corrected chi connectivity index (χ4v) is 1.82. The highest BCUT2D eigenvalue weighted by atomic mass is 16.2. The lowest BCUT2D eigenvalue weighted by Crippen LogP contribution is -2.21. The lowest BCUT2D eigenvalue weighted by molar-refractivity contribution is 0.0813. The Morgan fingerprint density at radius 1 is 1.19 bits per heavy atom. The maximum atomic E-state index is 12.2. The molecule has 0 aromatic carbocycles. The summed E-state index contributed by atoms with van der Waals surface area (Å²) in [7, 11) is 1.60. The number of aryl methyl sites for hydroxylation is 1. The zero-order valence-electron chi connectivity index (χ0n) is 11.8. The molecule has 0 saturated heterocycles. The summed E-state index contributed by atoms with van der Waals surface area (Å²) in [4.78, 5) is 32.4.